The van der Waals surface area contributed by atoms with Crippen molar-refractivity contribution in [2.24, 2.45) is 5.92 Å². The Bertz CT molecular complexity index is 524. The van der Waals surface area contributed by atoms with Crippen LogP contribution >= 0.6 is 22.9 Å². The molecule has 2 heterocycles. The van der Waals surface area contributed by atoms with Gasteiger partial charge in [-0.3, -0.25) is 0 Å². The number of nitrogens with one attached hydrogen (secondary N) is 1. The average Bonchev–Trinajstić information content (AvgIpc) is 2.72. The minimum absolute atomic E-state index is 0.350. The van der Waals surface area contributed by atoms with Crippen LogP contribution in [0.4, 0.5) is 5.82 Å². The van der Waals surface area contributed by atoms with Crippen molar-refractivity contribution in [2.45, 2.75) is 33.2 Å². The van der Waals surface area contributed by atoms with Crippen molar-refractivity contribution in [1.29, 1.82) is 0 Å². The number of nitrogens with zero attached hydrogens (tertiary/aromatic N) is 2. The maximum atomic E-state index is 5.86. The van der Waals surface area contributed by atoms with Gasteiger partial charge in [0.2, 0.25) is 0 Å². The second-order valence-electron chi connectivity index (χ2n) is 4.79. The van der Waals surface area contributed by atoms with E-state index in [0.29, 0.717) is 17.8 Å². The molecule has 98 valence electrons. The summed E-state index contributed by atoms with van der Waals surface area (Å²) in [5, 5.41) is 5.63. The maximum absolute atomic E-state index is 5.86. The molecule has 0 aliphatic carbocycles. The zero-order chi connectivity index (χ0) is 13.1. The van der Waals surface area contributed by atoms with Crippen LogP contribution in [0.15, 0.2) is 11.7 Å². The number of anilines is 1. The Morgan fingerprint density at radius 3 is 2.83 bits per heavy atom. The monoisotopic (exact) mass is 283 g/mol. The van der Waals surface area contributed by atoms with Gasteiger partial charge in [0.25, 0.3) is 0 Å². The molecule has 1 unspecified atom stereocenters. The molecule has 2 rings (SSSR count). The minimum atomic E-state index is 0.350. The molecule has 2 aromatic heterocycles. The van der Waals surface area contributed by atoms with Crippen LogP contribution in [0.3, 0.4) is 0 Å². The summed E-state index contributed by atoms with van der Waals surface area (Å²) in [6.45, 7) is 6.47. The van der Waals surface area contributed by atoms with Crippen LogP contribution in [0.25, 0.3) is 10.2 Å². The number of alkyl halides is 1. The summed E-state index contributed by atoms with van der Waals surface area (Å²) in [4.78, 5) is 8.70. The Labute approximate surface area is 117 Å². The van der Waals surface area contributed by atoms with E-state index >= 15 is 0 Å². The lowest BCUT2D eigenvalue weighted by Crippen LogP contribution is -2.26. The average molecular weight is 284 g/mol. The van der Waals surface area contributed by atoms with Gasteiger partial charge < -0.3 is 5.32 Å². The van der Waals surface area contributed by atoms with E-state index in [4.69, 9.17) is 11.6 Å². The van der Waals surface area contributed by atoms with E-state index in [0.717, 1.165) is 22.5 Å². The first-order valence-corrected chi connectivity index (χ1v) is 7.56. The van der Waals surface area contributed by atoms with E-state index < -0.39 is 0 Å². The van der Waals surface area contributed by atoms with Gasteiger partial charge in [-0.25, -0.2) is 9.97 Å². The van der Waals surface area contributed by atoms with Gasteiger partial charge in [0.1, 0.15) is 12.1 Å². The quantitative estimate of drug-likeness (QED) is 0.841. The van der Waals surface area contributed by atoms with E-state index in [2.05, 4.69) is 41.4 Å². The Morgan fingerprint density at radius 1 is 1.39 bits per heavy atom. The van der Waals surface area contributed by atoms with E-state index in [1.165, 1.54) is 5.56 Å². The first kappa shape index (κ1) is 13.6. The molecule has 1 atom stereocenters. The van der Waals surface area contributed by atoms with Gasteiger partial charge in [-0.05, 0) is 30.2 Å². The molecule has 5 heteroatoms. The van der Waals surface area contributed by atoms with Crippen molar-refractivity contribution in [1.82, 2.24) is 9.97 Å². The lowest BCUT2D eigenvalue weighted by atomic mass is 10.0. The molecule has 0 fully saturated rings. The van der Waals surface area contributed by atoms with Crippen LogP contribution in [0.5, 0.6) is 0 Å². The fourth-order valence-electron chi connectivity index (χ4n) is 1.94. The highest BCUT2D eigenvalue weighted by Gasteiger charge is 2.15. The summed E-state index contributed by atoms with van der Waals surface area (Å²) in [5.41, 5.74) is 2.25. The van der Waals surface area contributed by atoms with Gasteiger partial charge in [-0.2, -0.15) is 0 Å². The fraction of sp³-hybridized carbons (Fsp3) is 0.538. The molecule has 2 aromatic rings. The summed E-state index contributed by atoms with van der Waals surface area (Å²) in [6.07, 6.45) is 2.57. The van der Waals surface area contributed by atoms with Gasteiger partial charge in [0.05, 0.1) is 10.2 Å². The van der Waals surface area contributed by atoms with Crippen LogP contribution in [-0.2, 0) is 0 Å². The second kappa shape index (κ2) is 5.85. The lowest BCUT2D eigenvalue weighted by Gasteiger charge is -2.22. The highest BCUT2D eigenvalue weighted by Crippen LogP contribution is 2.29. The molecule has 0 aromatic carbocycles. The molecule has 0 saturated carbocycles. The van der Waals surface area contributed by atoms with Gasteiger partial charge in [0.15, 0.2) is 0 Å². The van der Waals surface area contributed by atoms with Gasteiger partial charge in [-0.1, -0.05) is 13.8 Å². The number of aromatic nitrogens is 2. The van der Waals surface area contributed by atoms with Crippen molar-refractivity contribution in [3.63, 3.8) is 0 Å². The molecular weight excluding hydrogens is 266 g/mol. The van der Waals surface area contributed by atoms with E-state index in [-0.39, 0.29) is 0 Å². The minimum Gasteiger partial charge on any atom is -0.366 e. The molecule has 3 nitrogen and oxygen atoms in total. The lowest BCUT2D eigenvalue weighted by molar-refractivity contribution is 0.512. The predicted molar refractivity (Wildman–Crippen MR) is 79.7 cm³/mol. The molecule has 0 spiro atoms. The number of halogens is 1. The number of hydrogen-bond donors (Lipinski definition) is 1. The molecule has 0 aliphatic heterocycles. The van der Waals surface area contributed by atoms with Crippen LogP contribution in [0, 0.1) is 12.8 Å². The maximum Gasteiger partial charge on any atom is 0.147 e. The molecule has 0 aliphatic rings. The normalized spacial score (nSPS) is 13.2. The van der Waals surface area contributed by atoms with Crippen molar-refractivity contribution in [3.8, 4) is 0 Å². The summed E-state index contributed by atoms with van der Waals surface area (Å²) in [6, 6.07) is 0.350. The fourth-order valence-corrected chi connectivity index (χ4v) is 3.13. The molecule has 1 N–H and O–H groups in total. The highest BCUT2D eigenvalue weighted by atomic mass is 35.5. The Morgan fingerprint density at radius 2 is 2.17 bits per heavy atom. The molecule has 0 amide bonds. The Hall–Kier alpha value is -0.870. The van der Waals surface area contributed by atoms with Gasteiger partial charge >= 0.3 is 0 Å². The van der Waals surface area contributed by atoms with Crippen molar-refractivity contribution < 1.29 is 0 Å². The summed E-state index contributed by atoms with van der Waals surface area (Å²) < 4.78 is 1.13. The predicted octanol–water partition coefficient (Wildman–Crippen LogP) is 4.07. The third kappa shape index (κ3) is 2.75. The summed E-state index contributed by atoms with van der Waals surface area (Å²) >= 11 is 7.55. The van der Waals surface area contributed by atoms with Crippen LogP contribution in [0.2, 0.25) is 0 Å². The Kier molecular flexibility index (Phi) is 4.40. The molecule has 0 saturated heterocycles. The first-order chi connectivity index (χ1) is 8.63. The number of aryl methyl sites for hydroxylation is 1. The van der Waals surface area contributed by atoms with Crippen molar-refractivity contribution in [3.05, 3.63) is 17.3 Å². The van der Waals surface area contributed by atoms with E-state index in [9.17, 15) is 0 Å². The molecular formula is C13H18ClN3S. The smallest absolute Gasteiger partial charge is 0.147 e. The first-order valence-electron chi connectivity index (χ1n) is 6.14. The van der Waals surface area contributed by atoms with Crippen LogP contribution < -0.4 is 5.32 Å². The standard InChI is InChI=1S/C13H18ClN3S/c1-8(2)10(4-5-14)17-13-12-11(15-7-16-13)9(3)6-18-12/h6-8,10H,4-5H2,1-3H3,(H,15,16,17). The van der Waals surface area contributed by atoms with Crippen molar-refractivity contribution in [2.75, 3.05) is 11.2 Å². The third-order valence-corrected chi connectivity index (χ3v) is 4.39. The molecule has 0 bridgehead atoms. The Balaban J connectivity index is 2.30. The third-order valence-electron chi connectivity index (χ3n) is 3.08. The molecule has 0 radical (unpaired) electrons. The van der Waals surface area contributed by atoms with E-state index in [1.807, 2.05) is 0 Å². The summed E-state index contributed by atoms with van der Waals surface area (Å²) in [7, 11) is 0. The van der Waals surface area contributed by atoms with Gasteiger partial charge in [-0.15, -0.1) is 22.9 Å². The SMILES string of the molecule is Cc1csc2c(NC(CCCl)C(C)C)ncnc12. The number of fused-ring (bicyclic) bond motifs is 1. The summed E-state index contributed by atoms with van der Waals surface area (Å²) in [5.74, 6) is 2.12. The molecule has 18 heavy (non-hydrogen) atoms. The van der Waals surface area contributed by atoms with Crippen molar-refractivity contribution >= 4 is 39.0 Å². The van der Waals surface area contributed by atoms with E-state index in [1.54, 1.807) is 17.7 Å². The topological polar surface area (TPSA) is 37.8 Å². The van der Waals surface area contributed by atoms with Gasteiger partial charge in [0, 0.05) is 11.9 Å². The van der Waals surface area contributed by atoms with Crippen LogP contribution in [-0.4, -0.2) is 21.9 Å². The highest BCUT2D eigenvalue weighted by molar-refractivity contribution is 7.18. The van der Waals surface area contributed by atoms with Crippen LogP contribution in [0.1, 0.15) is 25.8 Å². The largest absolute Gasteiger partial charge is 0.366 e. The zero-order valence-electron chi connectivity index (χ0n) is 10.9. The second-order valence-corrected chi connectivity index (χ2v) is 6.05. The number of rotatable bonds is 5. The number of hydrogen-bond acceptors (Lipinski definition) is 4. The number of thiophene rings is 1. The zero-order valence-corrected chi connectivity index (χ0v) is 12.5.